The van der Waals surface area contributed by atoms with Gasteiger partial charge in [-0.25, -0.2) is 4.57 Å². The van der Waals surface area contributed by atoms with Crippen molar-refractivity contribution in [3.8, 4) is 22.6 Å². The van der Waals surface area contributed by atoms with Crippen molar-refractivity contribution in [2.24, 2.45) is 0 Å². The van der Waals surface area contributed by atoms with Crippen molar-refractivity contribution in [2.75, 3.05) is 19.9 Å². The van der Waals surface area contributed by atoms with Crippen LogP contribution in [0.2, 0.25) is 0 Å². The van der Waals surface area contributed by atoms with Crippen LogP contribution in [0, 0.1) is 0 Å². The zero-order valence-corrected chi connectivity index (χ0v) is 20.7. The van der Waals surface area contributed by atoms with Gasteiger partial charge in [0.1, 0.15) is 17.8 Å². The molecular weight excluding hydrogens is 483 g/mol. The lowest BCUT2D eigenvalue weighted by Gasteiger charge is -2.21. The first kappa shape index (κ1) is 26.9. The van der Waals surface area contributed by atoms with E-state index in [0.29, 0.717) is 5.75 Å². The van der Waals surface area contributed by atoms with Crippen LogP contribution in [-0.2, 0) is 20.6 Å². The van der Waals surface area contributed by atoms with Crippen LogP contribution in [0.1, 0.15) is 12.0 Å². The van der Waals surface area contributed by atoms with Gasteiger partial charge in [0, 0.05) is 12.6 Å². The molecule has 1 unspecified atom stereocenters. The number of nitrogens with one attached hydrogen (secondary N) is 2. The summed E-state index contributed by atoms with van der Waals surface area (Å²) >= 11 is 0. The molecule has 0 radical (unpaired) electrons. The Balaban J connectivity index is 1.69. The number of carbonyl (C=O) groups excluding carboxylic acids is 1. The summed E-state index contributed by atoms with van der Waals surface area (Å²) in [5.74, 6) is -0.899. The second-order valence-electron chi connectivity index (χ2n) is 8.02. The number of ether oxygens (including phenoxy) is 1. The fraction of sp³-hybridized carbons (Fsp3) is 0.231. The van der Waals surface area contributed by atoms with Crippen LogP contribution >= 0.6 is 7.60 Å². The van der Waals surface area contributed by atoms with E-state index in [-0.39, 0.29) is 25.1 Å². The summed E-state index contributed by atoms with van der Waals surface area (Å²) in [6.07, 6.45) is -0.516. The van der Waals surface area contributed by atoms with E-state index >= 15 is 0 Å². The highest BCUT2D eigenvalue weighted by molar-refractivity contribution is 7.53. The first-order chi connectivity index (χ1) is 17.3. The summed E-state index contributed by atoms with van der Waals surface area (Å²) in [6, 6.07) is 22.9. The Kier molecular flexibility index (Phi) is 9.64. The van der Waals surface area contributed by atoms with Gasteiger partial charge in [-0.05, 0) is 35.2 Å². The molecular formula is C26H29N2O7P. The topological polar surface area (TPSA) is 134 Å². The first-order valence-corrected chi connectivity index (χ1v) is 13.0. The number of rotatable bonds is 13. The number of hydrogen-bond acceptors (Lipinski definition) is 6. The van der Waals surface area contributed by atoms with Crippen molar-refractivity contribution >= 4 is 19.5 Å². The Morgan fingerprint density at radius 2 is 1.61 bits per heavy atom. The van der Waals surface area contributed by atoms with E-state index in [1.807, 2.05) is 54.6 Å². The molecule has 0 aliphatic carbocycles. The largest absolute Gasteiger partial charge is 0.497 e. The van der Waals surface area contributed by atoms with Gasteiger partial charge in [0.15, 0.2) is 0 Å². The van der Waals surface area contributed by atoms with Gasteiger partial charge in [-0.3, -0.25) is 14.9 Å². The van der Waals surface area contributed by atoms with E-state index in [1.165, 1.54) is 19.2 Å². The second kappa shape index (κ2) is 12.9. The predicted octanol–water partition coefficient (Wildman–Crippen LogP) is 3.68. The van der Waals surface area contributed by atoms with Crippen molar-refractivity contribution in [3.63, 3.8) is 0 Å². The number of carboxylic acids is 1. The zero-order valence-electron chi connectivity index (χ0n) is 19.8. The van der Waals surface area contributed by atoms with Gasteiger partial charge >= 0.3 is 13.6 Å². The highest BCUT2D eigenvalue weighted by Crippen LogP contribution is 2.42. The highest BCUT2D eigenvalue weighted by atomic mass is 31.2. The van der Waals surface area contributed by atoms with E-state index in [4.69, 9.17) is 14.4 Å². The van der Waals surface area contributed by atoms with Crippen LogP contribution in [0.3, 0.4) is 0 Å². The smallest absolute Gasteiger partial charge is 0.390 e. The third kappa shape index (κ3) is 8.53. The normalized spacial score (nSPS) is 13.3. The number of benzene rings is 3. The molecule has 36 heavy (non-hydrogen) atoms. The number of carbonyl (C=O) groups is 2. The quantitative estimate of drug-likeness (QED) is 0.255. The summed E-state index contributed by atoms with van der Waals surface area (Å²) < 4.78 is 23.0. The molecule has 1 amide bonds. The molecule has 3 aromatic rings. The van der Waals surface area contributed by atoms with Gasteiger partial charge in [-0.1, -0.05) is 60.7 Å². The second-order valence-corrected chi connectivity index (χ2v) is 9.80. The molecule has 0 aliphatic rings. The van der Waals surface area contributed by atoms with Crippen LogP contribution < -0.4 is 19.9 Å². The molecule has 9 nitrogen and oxygen atoms in total. The fourth-order valence-electron chi connectivity index (χ4n) is 3.45. The summed E-state index contributed by atoms with van der Waals surface area (Å²) in [5, 5.41) is 14.2. The molecule has 3 rings (SSSR count). The molecule has 2 atom stereocenters. The molecule has 0 heterocycles. The number of amides is 1. The van der Waals surface area contributed by atoms with E-state index in [1.54, 1.807) is 12.1 Å². The van der Waals surface area contributed by atoms with Crippen LogP contribution in [0.4, 0.5) is 0 Å². The van der Waals surface area contributed by atoms with E-state index in [2.05, 4.69) is 10.6 Å². The summed E-state index contributed by atoms with van der Waals surface area (Å²) in [4.78, 5) is 33.9. The SMILES string of the molecule is COc1cccc(OP(=O)(O)CN[C@@H](Cc2ccc(-c3ccccc3)cc2)C(=O)NCCC(=O)O)c1. The Morgan fingerprint density at radius 1 is 0.944 bits per heavy atom. The van der Waals surface area contributed by atoms with Crippen molar-refractivity contribution in [3.05, 3.63) is 84.4 Å². The Bertz CT molecular complexity index is 1200. The van der Waals surface area contributed by atoms with Crippen molar-refractivity contribution in [2.45, 2.75) is 18.9 Å². The summed E-state index contributed by atoms with van der Waals surface area (Å²) in [6.45, 7) is -0.0591. The molecule has 0 spiro atoms. The zero-order chi connectivity index (χ0) is 26.0. The lowest BCUT2D eigenvalue weighted by atomic mass is 10.0. The summed E-state index contributed by atoms with van der Waals surface area (Å²) in [5.41, 5.74) is 2.89. The van der Waals surface area contributed by atoms with Crippen LogP contribution in [0.15, 0.2) is 78.9 Å². The van der Waals surface area contributed by atoms with Crippen LogP contribution in [0.25, 0.3) is 11.1 Å². The van der Waals surface area contributed by atoms with E-state index < -0.39 is 31.8 Å². The highest BCUT2D eigenvalue weighted by Gasteiger charge is 2.26. The van der Waals surface area contributed by atoms with Crippen molar-refractivity contribution < 1.29 is 33.4 Å². The maximum Gasteiger partial charge on any atom is 0.390 e. The minimum Gasteiger partial charge on any atom is -0.497 e. The van der Waals surface area contributed by atoms with Crippen LogP contribution in [0.5, 0.6) is 11.5 Å². The lowest BCUT2D eigenvalue weighted by Crippen LogP contribution is -2.46. The number of aliphatic carboxylic acids is 1. The standard InChI is InChI=1S/C26H29N2O7P/c1-34-22-8-5-9-23(17-22)35-36(32,33)18-28-24(26(31)27-15-14-25(29)30)16-19-10-12-21(13-11-19)20-6-3-2-4-7-20/h2-13,17,24,28H,14-16,18H2,1H3,(H,27,31)(H,29,30)(H,32,33)/t24-/m0/s1. The minimum absolute atomic E-state index is 0.0591. The van der Waals surface area contributed by atoms with Gasteiger partial charge in [0.25, 0.3) is 0 Å². The van der Waals surface area contributed by atoms with Gasteiger partial charge in [0.2, 0.25) is 5.91 Å². The van der Waals surface area contributed by atoms with E-state index in [0.717, 1.165) is 16.7 Å². The number of hydrogen-bond donors (Lipinski definition) is 4. The van der Waals surface area contributed by atoms with E-state index in [9.17, 15) is 19.0 Å². The molecule has 0 fully saturated rings. The molecule has 10 heteroatoms. The van der Waals surface area contributed by atoms with Crippen molar-refractivity contribution in [1.82, 2.24) is 10.6 Å². The van der Waals surface area contributed by atoms with Crippen molar-refractivity contribution in [1.29, 1.82) is 0 Å². The summed E-state index contributed by atoms with van der Waals surface area (Å²) in [7, 11) is -2.70. The third-order valence-electron chi connectivity index (χ3n) is 5.28. The Morgan fingerprint density at radius 3 is 2.28 bits per heavy atom. The molecule has 4 N–H and O–H groups in total. The van der Waals surface area contributed by atoms with Gasteiger partial charge in [0.05, 0.1) is 19.6 Å². The lowest BCUT2D eigenvalue weighted by molar-refractivity contribution is -0.137. The molecule has 0 bridgehead atoms. The number of carboxylic acid groups (broad SMARTS) is 1. The molecule has 0 aliphatic heterocycles. The first-order valence-electron chi connectivity index (χ1n) is 11.3. The predicted molar refractivity (Wildman–Crippen MR) is 136 cm³/mol. The Labute approximate surface area is 209 Å². The average Bonchev–Trinajstić information content (AvgIpc) is 2.87. The molecule has 3 aromatic carbocycles. The Hall–Kier alpha value is -3.65. The van der Waals surface area contributed by atoms with Gasteiger partial charge < -0.3 is 24.6 Å². The van der Waals surface area contributed by atoms with Gasteiger partial charge in [-0.15, -0.1) is 0 Å². The monoisotopic (exact) mass is 512 g/mol. The fourth-order valence-corrected chi connectivity index (χ4v) is 4.41. The molecule has 0 aromatic heterocycles. The molecule has 190 valence electrons. The van der Waals surface area contributed by atoms with Gasteiger partial charge in [-0.2, -0.15) is 0 Å². The maximum absolute atomic E-state index is 12.8. The average molecular weight is 512 g/mol. The number of methoxy groups -OCH3 is 1. The maximum atomic E-state index is 12.8. The molecule has 0 saturated carbocycles. The molecule has 0 saturated heterocycles. The third-order valence-corrected chi connectivity index (χ3v) is 6.36. The van der Waals surface area contributed by atoms with Crippen LogP contribution in [-0.4, -0.2) is 47.9 Å². The minimum atomic E-state index is -4.17.